The highest BCUT2D eigenvalue weighted by Gasteiger charge is 2.33. The van der Waals surface area contributed by atoms with Crippen LogP contribution < -0.4 is 0 Å². The van der Waals surface area contributed by atoms with E-state index in [1.54, 1.807) is 6.92 Å². The number of aliphatic carboxylic acids is 1. The molecule has 3 aromatic rings. The summed E-state index contributed by atoms with van der Waals surface area (Å²) < 4.78 is 2.32. The van der Waals surface area contributed by atoms with E-state index in [0.29, 0.717) is 13.0 Å². The normalized spacial score (nSPS) is 21.1. The van der Waals surface area contributed by atoms with Gasteiger partial charge in [-0.3, -0.25) is 9.59 Å². The Balaban J connectivity index is 1.62. The summed E-state index contributed by atoms with van der Waals surface area (Å²) in [6.07, 6.45) is 4.74. The van der Waals surface area contributed by atoms with Gasteiger partial charge < -0.3 is 14.6 Å². The van der Waals surface area contributed by atoms with E-state index < -0.39 is 5.97 Å². The van der Waals surface area contributed by atoms with Crippen LogP contribution in [0, 0.1) is 5.92 Å². The van der Waals surface area contributed by atoms with Crippen molar-refractivity contribution in [2.45, 2.75) is 70.9 Å². The highest BCUT2D eigenvalue weighted by molar-refractivity contribution is 6.31. The molecule has 0 radical (unpaired) electrons. The van der Waals surface area contributed by atoms with E-state index in [1.807, 2.05) is 23.1 Å². The monoisotopic (exact) mass is 493 g/mol. The molecule has 1 saturated carbocycles. The first kappa shape index (κ1) is 23.9. The first-order valence-corrected chi connectivity index (χ1v) is 13.0. The number of halogens is 1. The number of hydrogen-bond acceptors (Lipinski definition) is 3. The van der Waals surface area contributed by atoms with Gasteiger partial charge in [0.05, 0.1) is 17.0 Å². The minimum atomic E-state index is -0.712. The third-order valence-corrected chi connectivity index (χ3v) is 8.21. The summed E-state index contributed by atoms with van der Waals surface area (Å²) in [5, 5.41) is 10.5. The second kappa shape index (κ2) is 9.65. The number of carboxylic acids is 1. The maximum atomic E-state index is 12.1. The van der Waals surface area contributed by atoms with E-state index >= 15 is 0 Å². The van der Waals surface area contributed by atoms with Crippen molar-refractivity contribution in [3.63, 3.8) is 0 Å². The molecule has 2 heterocycles. The van der Waals surface area contributed by atoms with Gasteiger partial charge in [-0.25, -0.2) is 4.98 Å². The largest absolute Gasteiger partial charge is 0.481 e. The molecule has 0 saturated heterocycles. The highest BCUT2D eigenvalue weighted by atomic mass is 35.5. The third kappa shape index (κ3) is 4.56. The SMILES string of the molecule is CC(=O)N1CCc2ccc3c(nc([C@@H]4CCC[C@@H](C(=O)O)C4)n3[C@H](C)Cc3ccccc3Cl)c2C1. The van der Waals surface area contributed by atoms with Crippen LogP contribution >= 0.6 is 11.6 Å². The van der Waals surface area contributed by atoms with Crippen LogP contribution in [-0.4, -0.2) is 38.0 Å². The zero-order valence-electron chi connectivity index (χ0n) is 20.3. The molecule has 0 bridgehead atoms. The van der Waals surface area contributed by atoms with Crippen molar-refractivity contribution in [1.29, 1.82) is 0 Å². The minimum Gasteiger partial charge on any atom is -0.481 e. The molecule has 6 nitrogen and oxygen atoms in total. The van der Waals surface area contributed by atoms with Crippen molar-refractivity contribution in [3.8, 4) is 0 Å². The maximum absolute atomic E-state index is 12.1. The molecule has 35 heavy (non-hydrogen) atoms. The van der Waals surface area contributed by atoms with Crippen LogP contribution in [-0.2, 0) is 29.0 Å². The van der Waals surface area contributed by atoms with Crippen LogP contribution in [0.5, 0.6) is 0 Å². The standard InChI is InChI=1S/C28H32ClN3O3/c1-17(14-20-6-3-4-9-24(20)29)32-25-11-10-19-12-13-31(18(2)33)16-23(19)26(25)30-27(32)21-7-5-8-22(15-21)28(34)35/h3-4,6,9-11,17,21-22H,5,7-8,12-16H2,1-2H3,(H,34,35)/t17-,21-,22-/m1/s1. The lowest BCUT2D eigenvalue weighted by Crippen LogP contribution is -2.34. The number of imidazole rings is 1. The van der Waals surface area contributed by atoms with Crippen molar-refractivity contribution < 1.29 is 14.7 Å². The summed E-state index contributed by atoms with van der Waals surface area (Å²) in [4.78, 5) is 31.1. The summed E-state index contributed by atoms with van der Waals surface area (Å²) in [5.74, 6) is 0.0999. The lowest BCUT2D eigenvalue weighted by atomic mass is 9.81. The highest BCUT2D eigenvalue weighted by Crippen LogP contribution is 2.40. The number of rotatable bonds is 5. The molecule has 1 aliphatic heterocycles. The van der Waals surface area contributed by atoms with Gasteiger partial charge in [0.15, 0.2) is 0 Å². The first-order valence-electron chi connectivity index (χ1n) is 12.6. The molecular weight excluding hydrogens is 462 g/mol. The smallest absolute Gasteiger partial charge is 0.306 e. The first-order chi connectivity index (χ1) is 16.8. The van der Waals surface area contributed by atoms with Crippen LogP contribution in [0.2, 0.25) is 5.02 Å². The summed E-state index contributed by atoms with van der Waals surface area (Å²) in [6.45, 7) is 5.11. The lowest BCUT2D eigenvalue weighted by molar-refractivity contribution is -0.143. The molecule has 1 amide bonds. The van der Waals surface area contributed by atoms with Gasteiger partial charge in [0.2, 0.25) is 5.91 Å². The molecule has 2 aromatic carbocycles. The van der Waals surface area contributed by atoms with E-state index in [4.69, 9.17) is 16.6 Å². The molecule has 2 aliphatic rings. The predicted octanol–water partition coefficient (Wildman–Crippen LogP) is 5.76. The summed E-state index contributed by atoms with van der Waals surface area (Å²) >= 11 is 6.50. The summed E-state index contributed by atoms with van der Waals surface area (Å²) in [7, 11) is 0. The number of carbonyl (C=O) groups excluding carboxylic acids is 1. The second-order valence-electron chi connectivity index (χ2n) is 10.1. The second-order valence-corrected chi connectivity index (χ2v) is 10.6. The summed E-state index contributed by atoms with van der Waals surface area (Å²) in [5.41, 5.74) is 5.46. The van der Waals surface area contributed by atoms with Gasteiger partial charge in [0.1, 0.15) is 5.82 Å². The Kier molecular flexibility index (Phi) is 6.58. The molecule has 1 aromatic heterocycles. The predicted molar refractivity (Wildman–Crippen MR) is 137 cm³/mol. The average Bonchev–Trinajstić information content (AvgIpc) is 3.25. The van der Waals surface area contributed by atoms with Crippen molar-refractivity contribution in [3.05, 3.63) is 63.9 Å². The van der Waals surface area contributed by atoms with Gasteiger partial charge in [-0.05, 0) is 62.3 Å². The van der Waals surface area contributed by atoms with Crippen LogP contribution in [0.15, 0.2) is 36.4 Å². The van der Waals surface area contributed by atoms with Crippen LogP contribution in [0.1, 0.15) is 74.0 Å². The molecule has 0 unspecified atom stereocenters. The topological polar surface area (TPSA) is 75.4 Å². The Bertz CT molecular complexity index is 1280. The number of carbonyl (C=O) groups is 2. The Morgan fingerprint density at radius 3 is 2.74 bits per heavy atom. The Morgan fingerprint density at radius 2 is 2.00 bits per heavy atom. The molecule has 0 spiro atoms. The number of fused-ring (bicyclic) bond motifs is 3. The van der Waals surface area contributed by atoms with Gasteiger partial charge >= 0.3 is 5.97 Å². The number of benzene rings is 2. The quantitative estimate of drug-likeness (QED) is 0.490. The number of nitrogens with zero attached hydrogens (tertiary/aromatic N) is 3. The van der Waals surface area contributed by atoms with E-state index in [1.165, 1.54) is 5.56 Å². The van der Waals surface area contributed by atoms with E-state index in [0.717, 1.165) is 71.7 Å². The molecule has 1 N–H and O–H groups in total. The molecule has 3 atom stereocenters. The number of hydrogen-bond donors (Lipinski definition) is 1. The molecule has 184 valence electrons. The van der Waals surface area contributed by atoms with Gasteiger partial charge in [-0.1, -0.05) is 42.3 Å². The Labute approximate surface area is 210 Å². The zero-order valence-corrected chi connectivity index (χ0v) is 21.1. The van der Waals surface area contributed by atoms with Crippen molar-refractivity contribution in [2.24, 2.45) is 5.92 Å². The molecule has 5 rings (SSSR count). The number of amides is 1. The number of carboxylic acid groups (broad SMARTS) is 1. The zero-order chi connectivity index (χ0) is 24.7. The minimum absolute atomic E-state index is 0.0796. The fraction of sp³-hybridized carbons (Fsp3) is 0.464. The van der Waals surface area contributed by atoms with E-state index in [2.05, 4.69) is 29.7 Å². The van der Waals surface area contributed by atoms with Crippen LogP contribution in [0.3, 0.4) is 0 Å². The van der Waals surface area contributed by atoms with Crippen molar-refractivity contribution in [1.82, 2.24) is 14.5 Å². The third-order valence-electron chi connectivity index (χ3n) is 7.84. The van der Waals surface area contributed by atoms with Crippen molar-refractivity contribution >= 4 is 34.5 Å². The fourth-order valence-corrected chi connectivity index (χ4v) is 6.17. The van der Waals surface area contributed by atoms with Crippen LogP contribution in [0.25, 0.3) is 11.0 Å². The molecule has 7 heteroatoms. The molecular formula is C28H32ClN3O3. The van der Waals surface area contributed by atoms with Gasteiger partial charge in [0.25, 0.3) is 0 Å². The van der Waals surface area contributed by atoms with Gasteiger partial charge in [0, 0.05) is 42.6 Å². The van der Waals surface area contributed by atoms with Crippen LogP contribution in [0.4, 0.5) is 0 Å². The Morgan fingerprint density at radius 1 is 1.20 bits per heavy atom. The Hall–Kier alpha value is -2.86. The number of aromatic nitrogens is 2. The van der Waals surface area contributed by atoms with E-state index in [9.17, 15) is 14.7 Å². The fourth-order valence-electron chi connectivity index (χ4n) is 5.95. The lowest BCUT2D eigenvalue weighted by Gasteiger charge is -2.29. The van der Waals surface area contributed by atoms with E-state index in [-0.39, 0.29) is 23.8 Å². The molecule has 1 aliphatic carbocycles. The summed E-state index contributed by atoms with van der Waals surface area (Å²) in [6, 6.07) is 12.4. The van der Waals surface area contributed by atoms with Gasteiger partial charge in [-0.2, -0.15) is 0 Å². The average molecular weight is 494 g/mol. The molecule has 1 fully saturated rings. The van der Waals surface area contributed by atoms with Crippen molar-refractivity contribution in [2.75, 3.05) is 6.54 Å². The van der Waals surface area contributed by atoms with Gasteiger partial charge in [-0.15, -0.1) is 0 Å². The maximum Gasteiger partial charge on any atom is 0.306 e.